The number of aromatic nitrogens is 2. The van der Waals surface area contributed by atoms with E-state index in [1.807, 2.05) is 0 Å². The van der Waals surface area contributed by atoms with Gasteiger partial charge in [-0.05, 0) is 62.4 Å². The maximum atomic E-state index is 12.7. The van der Waals surface area contributed by atoms with Gasteiger partial charge in [-0.15, -0.1) is 0 Å². The lowest BCUT2D eigenvalue weighted by molar-refractivity contribution is -0.0515. The molecule has 1 aliphatic carbocycles. The Morgan fingerprint density at radius 2 is 2.03 bits per heavy atom. The molecule has 1 aromatic carbocycles. The Hall–Kier alpha value is -4.02. The maximum absolute atomic E-state index is 12.7. The first-order valence-electron chi connectivity index (χ1n) is 11.0. The van der Waals surface area contributed by atoms with Gasteiger partial charge in [-0.2, -0.15) is 13.8 Å². The number of halogens is 2. The van der Waals surface area contributed by atoms with Crippen LogP contribution in [0.2, 0.25) is 0 Å². The minimum atomic E-state index is -3.00. The van der Waals surface area contributed by atoms with Crippen LogP contribution in [0.3, 0.4) is 0 Å². The van der Waals surface area contributed by atoms with Crippen molar-refractivity contribution in [3.8, 4) is 28.8 Å². The van der Waals surface area contributed by atoms with Crippen LogP contribution < -0.4 is 19.5 Å². The summed E-state index contributed by atoms with van der Waals surface area (Å²) in [4.78, 5) is 32.7. The van der Waals surface area contributed by atoms with Crippen molar-refractivity contribution >= 4 is 11.9 Å². The zero-order chi connectivity index (χ0) is 24.9. The lowest BCUT2D eigenvalue weighted by Crippen LogP contribution is -2.23. The van der Waals surface area contributed by atoms with Gasteiger partial charge in [0, 0.05) is 18.3 Å². The van der Waals surface area contributed by atoms with Crippen LogP contribution in [-0.2, 0) is 0 Å². The molecule has 35 heavy (non-hydrogen) atoms. The van der Waals surface area contributed by atoms with Gasteiger partial charge in [0.1, 0.15) is 0 Å². The molecule has 4 rings (SSSR count). The molecule has 0 radical (unpaired) electrons. The van der Waals surface area contributed by atoms with E-state index in [0.717, 1.165) is 19.1 Å². The molecule has 1 amide bonds. The lowest BCUT2D eigenvalue weighted by Gasteiger charge is -2.12. The monoisotopic (exact) mass is 487 g/mol. The lowest BCUT2D eigenvalue weighted by atomic mass is 10.1. The predicted molar refractivity (Wildman–Crippen MR) is 119 cm³/mol. The van der Waals surface area contributed by atoms with E-state index < -0.39 is 12.6 Å². The van der Waals surface area contributed by atoms with Crippen LogP contribution in [0, 0.1) is 12.8 Å². The summed E-state index contributed by atoms with van der Waals surface area (Å²) < 4.78 is 46.3. The van der Waals surface area contributed by atoms with Crippen LogP contribution in [0.5, 0.6) is 17.4 Å². The summed E-state index contributed by atoms with van der Waals surface area (Å²) in [5.74, 6) is -0.665. The van der Waals surface area contributed by atoms with E-state index in [4.69, 9.17) is 13.9 Å². The van der Waals surface area contributed by atoms with Crippen molar-refractivity contribution in [3.63, 3.8) is 0 Å². The van der Waals surface area contributed by atoms with Crippen molar-refractivity contribution in [1.82, 2.24) is 15.3 Å². The van der Waals surface area contributed by atoms with Gasteiger partial charge in [0.2, 0.25) is 5.89 Å². The zero-order valence-corrected chi connectivity index (χ0v) is 19.0. The third kappa shape index (κ3) is 6.11. The molecule has 1 fully saturated rings. The van der Waals surface area contributed by atoms with Crippen molar-refractivity contribution in [2.45, 2.75) is 33.3 Å². The van der Waals surface area contributed by atoms with Crippen LogP contribution in [0.1, 0.15) is 46.2 Å². The fourth-order valence-electron chi connectivity index (χ4n) is 3.20. The van der Waals surface area contributed by atoms with E-state index in [0.29, 0.717) is 35.8 Å². The molecule has 184 valence electrons. The number of amides is 1. The highest BCUT2D eigenvalue weighted by atomic mass is 19.3. The number of oxazole rings is 1. The highest BCUT2D eigenvalue weighted by Gasteiger charge is 2.24. The van der Waals surface area contributed by atoms with Crippen molar-refractivity contribution in [1.29, 1.82) is 0 Å². The van der Waals surface area contributed by atoms with Crippen molar-refractivity contribution in [2.24, 2.45) is 5.92 Å². The van der Waals surface area contributed by atoms with Gasteiger partial charge >= 0.3 is 12.6 Å². The first-order chi connectivity index (χ1) is 16.8. The molecule has 0 unspecified atom stereocenters. The number of pyridine rings is 1. The summed E-state index contributed by atoms with van der Waals surface area (Å²) >= 11 is 0. The van der Waals surface area contributed by atoms with Crippen LogP contribution in [-0.4, -0.2) is 41.6 Å². The number of hydrogen-bond acceptors (Lipinski definition) is 8. The Bertz CT molecular complexity index is 1230. The Morgan fingerprint density at radius 1 is 1.23 bits per heavy atom. The van der Waals surface area contributed by atoms with Crippen molar-refractivity contribution in [2.75, 3.05) is 13.2 Å². The number of aryl methyl sites for hydroxylation is 1. The number of hydrogen-bond donors (Lipinski definition) is 1. The Balaban J connectivity index is 1.48. The molecule has 0 saturated heterocycles. The molecule has 0 atom stereocenters. The summed E-state index contributed by atoms with van der Waals surface area (Å²) in [6, 6.07) is 5.83. The number of benzene rings is 1. The van der Waals surface area contributed by atoms with Gasteiger partial charge in [-0.3, -0.25) is 4.79 Å². The minimum absolute atomic E-state index is 0.0202. The molecular formula is C24H23F2N3O6. The van der Waals surface area contributed by atoms with E-state index in [-0.39, 0.29) is 34.9 Å². The molecule has 11 heteroatoms. The van der Waals surface area contributed by atoms with E-state index >= 15 is 0 Å². The summed E-state index contributed by atoms with van der Waals surface area (Å²) in [5.41, 5.74) is 1.21. The number of rotatable bonds is 10. The number of esters is 1. The van der Waals surface area contributed by atoms with Crippen LogP contribution in [0.25, 0.3) is 11.5 Å². The zero-order valence-electron chi connectivity index (χ0n) is 19.0. The molecule has 2 aromatic heterocycles. The second kappa shape index (κ2) is 10.5. The van der Waals surface area contributed by atoms with E-state index in [9.17, 15) is 18.4 Å². The molecule has 0 aliphatic heterocycles. The molecule has 0 bridgehead atoms. The van der Waals surface area contributed by atoms with Gasteiger partial charge in [-0.1, -0.05) is 0 Å². The number of nitrogens with one attached hydrogen (secondary N) is 1. The van der Waals surface area contributed by atoms with Gasteiger partial charge < -0.3 is 23.9 Å². The number of carbonyl (C=O) groups excluding carboxylic acids is 2. The molecule has 0 spiro atoms. The third-order valence-corrected chi connectivity index (χ3v) is 5.13. The molecule has 1 aliphatic rings. The molecule has 1 N–H and O–H groups in total. The largest absolute Gasteiger partial charge is 0.489 e. The Morgan fingerprint density at radius 3 is 2.71 bits per heavy atom. The number of alkyl halides is 2. The SMILES string of the molecule is CCNC(=O)c1cnc(C(=O)Oc2coc(-c3ccc(OC(F)F)c(OCC4CC4)c3)n2)c(C)c1. The van der Waals surface area contributed by atoms with Crippen LogP contribution in [0.4, 0.5) is 8.78 Å². The summed E-state index contributed by atoms with van der Waals surface area (Å²) in [7, 11) is 0. The summed E-state index contributed by atoms with van der Waals surface area (Å²) in [5, 5.41) is 2.66. The average molecular weight is 487 g/mol. The molecule has 2 heterocycles. The van der Waals surface area contributed by atoms with Gasteiger partial charge in [0.05, 0.1) is 12.2 Å². The smallest absolute Gasteiger partial charge is 0.387 e. The quantitative estimate of drug-likeness (QED) is 0.419. The van der Waals surface area contributed by atoms with E-state index in [2.05, 4.69) is 20.0 Å². The second-order valence-corrected chi connectivity index (χ2v) is 7.92. The highest BCUT2D eigenvalue weighted by Crippen LogP contribution is 2.36. The van der Waals surface area contributed by atoms with E-state index in [1.54, 1.807) is 13.8 Å². The Kier molecular flexibility index (Phi) is 7.23. The predicted octanol–water partition coefficient (Wildman–Crippen LogP) is 4.40. The summed E-state index contributed by atoms with van der Waals surface area (Å²) in [6.45, 7) is 1.29. The third-order valence-electron chi connectivity index (χ3n) is 5.13. The fourth-order valence-corrected chi connectivity index (χ4v) is 3.20. The minimum Gasteiger partial charge on any atom is -0.489 e. The fraction of sp³-hybridized carbons (Fsp3) is 0.333. The maximum Gasteiger partial charge on any atom is 0.387 e. The standard InChI is InChI=1S/C24H23F2N3O6/c1-3-27-21(30)16-8-13(2)20(28-10-16)23(31)35-19-12-33-22(29-19)15-6-7-17(34-24(25)26)18(9-15)32-11-14-4-5-14/h6-10,12,14,24H,3-5,11H2,1-2H3,(H,27,30). The molecular weight excluding hydrogens is 464 g/mol. The highest BCUT2D eigenvalue weighted by molar-refractivity contribution is 5.96. The number of nitrogens with zero attached hydrogens (tertiary/aromatic N) is 2. The molecule has 3 aromatic rings. The number of carbonyl (C=O) groups is 2. The van der Waals surface area contributed by atoms with Crippen molar-refractivity contribution < 1.29 is 37.0 Å². The van der Waals surface area contributed by atoms with Gasteiger partial charge in [0.15, 0.2) is 23.5 Å². The topological polar surface area (TPSA) is 113 Å². The van der Waals surface area contributed by atoms with E-state index in [1.165, 1.54) is 30.5 Å². The first-order valence-corrected chi connectivity index (χ1v) is 11.0. The number of ether oxygens (including phenoxy) is 3. The van der Waals surface area contributed by atoms with Crippen molar-refractivity contribution in [3.05, 3.63) is 53.5 Å². The summed E-state index contributed by atoms with van der Waals surface area (Å²) in [6.07, 6.45) is 4.49. The second-order valence-electron chi connectivity index (χ2n) is 7.92. The van der Waals surface area contributed by atoms with Gasteiger partial charge in [-0.25, -0.2) is 9.78 Å². The van der Waals surface area contributed by atoms with Crippen LogP contribution in [0.15, 0.2) is 41.1 Å². The Labute approximate surface area is 199 Å². The molecule has 1 saturated carbocycles. The molecule has 9 nitrogen and oxygen atoms in total. The normalized spacial score (nSPS) is 12.9. The average Bonchev–Trinajstić information content (AvgIpc) is 3.54. The van der Waals surface area contributed by atoms with Crippen LogP contribution >= 0.6 is 0 Å². The first kappa shape index (κ1) is 24.1. The van der Waals surface area contributed by atoms with Gasteiger partial charge in [0.25, 0.3) is 11.8 Å².